The monoisotopic (exact) mass is 255 g/mol. The lowest BCUT2D eigenvalue weighted by molar-refractivity contribution is -0.136. The van der Waals surface area contributed by atoms with Gasteiger partial charge >= 0.3 is 5.97 Å². The number of carbonyl (C=O) groups is 2. The van der Waals surface area contributed by atoms with E-state index in [1.807, 2.05) is 13.8 Å². The molecule has 0 saturated carbocycles. The zero-order valence-corrected chi connectivity index (χ0v) is 11.4. The highest BCUT2D eigenvalue weighted by Gasteiger charge is 2.29. The minimum absolute atomic E-state index is 0.0273. The summed E-state index contributed by atoms with van der Waals surface area (Å²) in [4.78, 5) is 22.6. The normalized spacial score (nSPS) is 23.5. The van der Waals surface area contributed by atoms with Crippen molar-refractivity contribution < 1.29 is 19.1 Å². The van der Waals surface area contributed by atoms with Crippen molar-refractivity contribution in [2.45, 2.75) is 51.9 Å². The van der Waals surface area contributed by atoms with E-state index in [1.165, 1.54) is 14.0 Å². The van der Waals surface area contributed by atoms with Gasteiger partial charge in [0, 0.05) is 12.5 Å². The van der Waals surface area contributed by atoms with Gasteiger partial charge in [-0.2, -0.15) is 0 Å². The maximum atomic E-state index is 11.5. The van der Waals surface area contributed by atoms with Crippen LogP contribution in [0.25, 0.3) is 0 Å². The lowest BCUT2D eigenvalue weighted by atomic mass is 9.92. The van der Waals surface area contributed by atoms with Crippen molar-refractivity contribution >= 4 is 11.9 Å². The van der Waals surface area contributed by atoms with Gasteiger partial charge in [0.15, 0.2) is 0 Å². The van der Waals surface area contributed by atoms with Crippen LogP contribution in [-0.4, -0.2) is 37.2 Å². The van der Waals surface area contributed by atoms with Crippen molar-refractivity contribution in [2.24, 2.45) is 0 Å². The van der Waals surface area contributed by atoms with Crippen molar-refractivity contribution in [3.8, 4) is 0 Å². The van der Waals surface area contributed by atoms with Gasteiger partial charge in [-0.25, -0.2) is 4.79 Å². The fourth-order valence-electron chi connectivity index (χ4n) is 2.04. The Kier molecular flexibility index (Phi) is 5.34. The number of hydrogen-bond acceptors (Lipinski definition) is 4. The Hall–Kier alpha value is -1.36. The van der Waals surface area contributed by atoms with Gasteiger partial charge in [0.2, 0.25) is 5.91 Å². The highest BCUT2D eigenvalue weighted by Crippen LogP contribution is 2.23. The summed E-state index contributed by atoms with van der Waals surface area (Å²) >= 11 is 0. The summed E-state index contributed by atoms with van der Waals surface area (Å²) < 4.78 is 10.4. The van der Waals surface area contributed by atoms with E-state index in [0.717, 1.165) is 0 Å². The summed E-state index contributed by atoms with van der Waals surface area (Å²) in [5, 5.41) is 2.85. The smallest absolute Gasteiger partial charge is 0.333 e. The summed E-state index contributed by atoms with van der Waals surface area (Å²) in [7, 11) is 1.36. The molecule has 1 unspecified atom stereocenters. The van der Waals surface area contributed by atoms with Gasteiger partial charge in [-0.05, 0) is 32.8 Å². The Bertz CT molecular complexity index is 349. The fourth-order valence-corrected chi connectivity index (χ4v) is 2.04. The quantitative estimate of drug-likeness (QED) is 0.766. The van der Waals surface area contributed by atoms with E-state index in [-0.39, 0.29) is 30.1 Å². The van der Waals surface area contributed by atoms with Gasteiger partial charge in [0.05, 0.1) is 25.4 Å². The molecule has 0 saturated heterocycles. The number of ether oxygens (including phenoxy) is 2. The molecule has 1 rings (SSSR count). The number of nitrogens with one attached hydrogen (secondary N) is 1. The van der Waals surface area contributed by atoms with Crippen molar-refractivity contribution in [1.82, 2.24) is 5.32 Å². The topological polar surface area (TPSA) is 64.6 Å². The zero-order valence-electron chi connectivity index (χ0n) is 11.4. The highest BCUT2D eigenvalue weighted by molar-refractivity contribution is 5.88. The maximum absolute atomic E-state index is 11.5. The second-order valence-electron chi connectivity index (χ2n) is 4.68. The number of hydrogen-bond donors (Lipinski definition) is 1. The van der Waals surface area contributed by atoms with E-state index in [1.54, 1.807) is 6.08 Å². The van der Waals surface area contributed by atoms with E-state index in [4.69, 9.17) is 9.47 Å². The lowest BCUT2D eigenvalue weighted by Crippen LogP contribution is -2.45. The average molecular weight is 255 g/mol. The number of amides is 1. The fraction of sp³-hybridized carbons (Fsp3) is 0.692. The number of methoxy groups -OCH3 is 1. The molecule has 0 heterocycles. The molecule has 0 aromatic rings. The zero-order chi connectivity index (χ0) is 13.7. The Morgan fingerprint density at radius 2 is 2.11 bits per heavy atom. The average Bonchev–Trinajstić information content (AvgIpc) is 2.29. The SMILES string of the molecule is COC(=O)C1=C[C@@H](OC(C)C)C(NC(C)=O)CC1. The third kappa shape index (κ3) is 4.14. The molecule has 1 aliphatic rings. The van der Waals surface area contributed by atoms with Crippen LogP contribution in [0, 0.1) is 0 Å². The van der Waals surface area contributed by atoms with E-state index in [9.17, 15) is 9.59 Å². The van der Waals surface area contributed by atoms with Gasteiger partial charge in [-0.1, -0.05) is 0 Å². The van der Waals surface area contributed by atoms with Crippen molar-refractivity contribution in [2.75, 3.05) is 7.11 Å². The molecule has 0 bridgehead atoms. The van der Waals surface area contributed by atoms with Crippen LogP contribution in [0.4, 0.5) is 0 Å². The minimum Gasteiger partial charge on any atom is -0.466 e. The van der Waals surface area contributed by atoms with Crippen LogP contribution in [0.15, 0.2) is 11.6 Å². The number of rotatable bonds is 4. The summed E-state index contributed by atoms with van der Waals surface area (Å²) in [6.45, 7) is 5.32. The summed E-state index contributed by atoms with van der Waals surface area (Å²) in [5.74, 6) is -0.416. The second kappa shape index (κ2) is 6.54. The Labute approximate surface area is 108 Å². The highest BCUT2D eigenvalue weighted by atomic mass is 16.5. The molecule has 0 fully saturated rings. The van der Waals surface area contributed by atoms with Gasteiger partial charge < -0.3 is 14.8 Å². The molecule has 0 spiro atoms. The van der Waals surface area contributed by atoms with Gasteiger partial charge in [-0.15, -0.1) is 0 Å². The first kappa shape index (κ1) is 14.7. The largest absolute Gasteiger partial charge is 0.466 e. The second-order valence-corrected chi connectivity index (χ2v) is 4.68. The first-order valence-electron chi connectivity index (χ1n) is 6.15. The standard InChI is InChI=1S/C13H21NO4/c1-8(2)18-12-7-10(13(16)17-4)5-6-11(12)14-9(3)15/h7-8,11-12H,5-6H2,1-4H3,(H,14,15)/t11?,12-/m1/s1. The molecule has 1 N–H and O–H groups in total. The molecule has 18 heavy (non-hydrogen) atoms. The number of esters is 1. The van der Waals surface area contributed by atoms with E-state index in [0.29, 0.717) is 18.4 Å². The molecule has 0 radical (unpaired) electrons. The van der Waals surface area contributed by atoms with Crippen molar-refractivity contribution in [1.29, 1.82) is 0 Å². The van der Waals surface area contributed by atoms with Crippen LogP contribution < -0.4 is 5.32 Å². The summed E-state index contributed by atoms with van der Waals surface area (Å²) in [6.07, 6.45) is 2.78. The lowest BCUT2D eigenvalue weighted by Gasteiger charge is -2.31. The molecule has 2 atom stereocenters. The van der Waals surface area contributed by atoms with Crippen molar-refractivity contribution in [3.63, 3.8) is 0 Å². The Balaban J connectivity index is 2.82. The Morgan fingerprint density at radius 3 is 2.61 bits per heavy atom. The minimum atomic E-state index is -0.325. The maximum Gasteiger partial charge on any atom is 0.333 e. The van der Waals surface area contributed by atoms with E-state index < -0.39 is 0 Å². The first-order valence-corrected chi connectivity index (χ1v) is 6.15. The molecule has 0 aliphatic heterocycles. The van der Waals surface area contributed by atoms with Crippen LogP contribution in [0.2, 0.25) is 0 Å². The van der Waals surface area contributed by atoms with Gasteiger partial charge in [0.1, 0.15) is 0 Å². The molecular weight excluding hydrogens is 234 g/mol. The molecule has 0 aromatic heterocycles. The molecule has 5 nitrogen and oxygen atoms in total. The summed E-state index contributed by atoms with van der Waals surface area (Å²) in [5.41, 5.74) is 0.616. The van der Waals surface area contributed by atoms with E-state index >= 15 is 0 Å². The summed E-state index contributed by atoms with van der Waals surface area (Å²) in [6, 6.07) is -0.0849. The van der Waals surface area contributed by atoms with E-state index in [2.05, 4.69) is 5.32 Å². The predicted molar refractivity (Wildman–Crippen MR) is 66.9 cm³/mol. The number of carbonyl (C=O) groups excluding carboxylic acids is 2. The molecule has 1 aliphatic carbocycles. The molecule has 102 valence electrons. The van der Waals surface area contributed by atoms with Gasteiger partial charge in [0.25, 0.3) is 0 Å². The van der Waals surface area contributed by atoms with Crippen LogP contribution >= 0.6 is 0 Å². The molecular formula is C13H21NO4. The first-order chi connectivity index (χ1) is 8.43. The van der Waals surface area contributed by atoms with Gasteiger partial charge in [-0.3, -0.25) is 4.79 Å². The molecule has 0 aromatic carbocycles. The third-order valence-corrected chi connectivity index (χ3v) is 2.75. The predicted octanol–water partition coefficient (Wildman–Crippen LogP) is 1.18. The molecule has 1 amide bonds. The van der Waals surface area contributed by atoms with Crippen LogP contribution in [0.1, 0.15) is 33.6 Å². The van der Waals surface area contributed by atoms with Crippen molar-refractivity contribution in [3.05, 3.63) is 11.6 Å². The van der Waals surface area contributed by atoms with Crippen LogP contribution in [-0.2, 0) is 19.1 Å². The molecule has 5 heteroatoms. The third-order valence-electron chi connectivity index (χ3n) is 2.75. The Morgan fingerprint density at radius 1 is 1.44 bits per heavy atom. The van der Waals surface area contributed by atoms with Crippen LogP contribution in [0.5, 0.6) is 0 Å². The van der Waals surface area contributed by atoms with Crippen LogP contribution in [0.3, 0.4) is 0 Å².